The van der Waals surface area contributed by atoms with Crippen LogP contribution in [0.4, 0.5) is 19.0 Å². The molecule has 0 spiro atoms. The van der Waals surface area contributed by atoms with Crippen LogP contribution < -0.4 is 5.43 Å². The summed E-state index contributed by atoms with van der Waals surface area (Å²) in [5, 5.41) is 2.68. The number of aromatic nitrogens is 3. The minimum Gasteiger partial charge on any atom is -0.346 e. The summed E-state index contributed by atoms with van der Waals surface area (Å²) in [6, 6.07) is 1.84. The van der Waals surface area contributed by atoms with Crippen LogP contribution in [0.25, 0.3) is 11.0 Å². The monoisotopic (exact) mass is 342 g/mol. The molecule has 1 fully saturated rings. The smallest absolute Gasteiger partial charge is 0.346 e. The highest BCUT2D eigenvalue weighted by Gasteiger charge is 2.34. The van der Waals surface area contributed by atoms with Crippen molar-refractivity contribution in [1.29, 1.82) is 0 Å². The molecule has 1 amide bonds. The van der Waals surface area contributed by atoms with Crippen molar-refractivity contribution in [2.75, 3.05) is 31.6 Å². The number of alkyl halides is 3. The van der Waals surface area contributed by atoms with E-state index < -0.39 is 18.5 Å². The van der Waals surface area contributed by atoms with Gasteiger partial charge in [0.25, 0.3) is 0 Å². The number of carbonyl (C=O) groups is 1. The minimum absolute atomic E-state index is 0.239. The third-order valence-electron chi connectivity index (χ3n) is 3.82. The van der Waals surface area contributed by atoms with Crippen LogP contribution in [-0.2, 0) is 4.79 Å². The molecule has 10 heteroatoms. The number of anilines is 1. The van der Waals surface area contributed by atoms with Gasteiger partial charge in [-0.25, -0.2) is 15.0 Å². The molecule has 2 aromatic rings. The Morgan fingerprint density at radius 1 is 1.25 bits per heavy atom. The normalized spacial score (nSPS) is 17.0. The van der Waals surface area contributed by atoms with Crippen molar-refractivity contribution >= 4 is 22.8 Å². The van der Waals surface area contributed by atoms with Gasteiger partial charge in [0.05, 0.1) is 5.39 Å². The second kappa shape index (κ2) is 6.63. The summed E-state index contributed by atoms with van der Waals surface area (Å²) in [5.41, 5.74) is 3.86. The number of hydrogen-bond acceptors (Lipinski definition) is 5. The van der Waals surface area contributed by atoms with Gasteiger partial charge in [0, 0.05) is 32.4 Å². The number of halogens is 3. The quantitative estimate of drug-likeness (QED) is 0.889. The van der Waals surface area contributed by atoms with Crippen molar-refractivity contribution in [1.82, 2.24) is 24.9 Å². The van der Waals surface area contributed by atoms with Gasteiger partial charge in [-0.2, -0.15) is 13.2 Å². The molecule has 130 valence electrons. The summed E-state index contributed by atoms with van der Waals surface area (Å²) < 4.78 is 37.1. The summed E-state index contributed by atoms with van der Waals surface area (Å²) in [7, 11) is 0. The second-order valence-electron chi connectivity index (χ2n) is 5.59. The van der Waals surface area contributed by atoms with Crippen molar-refractivity contribution in [3.8, 4) is 0 Å². The molecule has 1 aliphatic rings. The molecular weight excluding hydrogens is 325 g/mol. The highest BCUT2D eigenvalue weighted by Crippen LogP contribution is 2.22. The summed E-state index contributed by atoms with van der Waals surface area (Å²) in [4.78, 5) is 24.3. The van der Waals surface area contributed by atoms with E-state index in [1.807, 2.05) is 11.1 Å². The van der Waals surface area contributed by atoms with Crippen LogP contribution in [0.5, 0.6) is 0 Å². The lowest BCUT2D eigenvalue weighted by molar-refractivity contribution is -0.161. The zero-order valence-electron chi connectivity index (χ0n) is 12.8. The van der Waals surface area contributed by atoms with E-state index in [0.29, 0.717) is 37.5 Å². The highest BCUT2D eigenvalue weighted by atomic mass is 19.4. The fourth-order valence-corrected chi connectivity index (χ4v) is 2.67. The number of rotatable bonds is 3. The molecule has 0 aliphatic carbocycles. The van der Waals surface area contributed by atoms with Crippen LogP contribution in [0.3, 0.4) is 0 Å². The Labute approximate surface area is 135 Å². The molecule has 0 radical (unpaired) electrons. The molecule has 2 N–H and O–H groups in total. The van der Waals surface area contributed by atoms with E-state index in [4.69, 9.17) is 0 Å². The van der Waals surface area contributed by atoms with Crippen molar-refractivity contribution < 1.29 is 18.0 Å². The van der Waals surface area contributed by atoms with Gasteiger partial charge in [-0.1, -0.05) is 0 Å². The number of hydrazine groups is 1. The number of hydrogen-bond donors (Lipinski definition) is 2. The molecule has 3 heterocycles. The topological polar surface area (TPSA) is 77.2 Å². The van der Waals surface area contributed by atoms with Crippen LogP contribution in [0.15, 0.2) is 18.6 Å². The van der Waals surface area contributed by atoms with E-state index >= 15 is 0 Å². The summed E-state index contributed by atoms with van der Waals surface area (Å²) in [6.45, 7) is 1.57. The Hall–Kier alpha value is -2.36. The molecule has 0 saturated carbocycles. The maximum absolute atomic E-state index is 12.4. The molecule has 1 aliphatic heterocycles. The van der Waals surface area contributed by atoms with Crippen LogP contribution in [-0.4, -0.2) is 63.1 Å². The Kier molecular flexibility index (Phi) is 4.56. The summed E-state index contributed by atoms with van der Waals surface area (Å²) in [6.07, 6.45) is -2.11. The average Bonchev–Trinajstić information content (AvgIpc) is 2.86. The fourth-order valence-electron chi connectivity index (χ4n) is 2.67. The molecule has 1 saturated heterocycles. The molecule has 0 unspecified atom stereocenters. The third kappa shape index (κ3) is 3.94. The van der Waals surface area contributed by atoms with Gasteiger partial charge in [0.2, 0.25) is 5.91 Å². The van der Waals surface area contributed by atoms with Gasteiger partial charge in [-0.05, 0) is 12.5 Å². The first-order valence-corrected chi connectivity index (χ1v) is 7.56. The van der Waals surface area contributed by atoms with E-state index in [-0.39, 0.29) is 6.54 Å². The zero-order chi connectivity index (χ0) is 17.2. The first kappa shape index (κ1) is 16.5. The molecule has 0 bridgehead atoms. The zero-order valence-corrected chi connectivity index (χ0v) is 12.8. The summed E-state index contributed by atoms with van der Waals surface area (Å²) in [5.74, 6) is -0.254. The van der Waals surface area contributed by atoms with Crippen molar-refractivity contribution in [2.24, 2.45) is 0 Å². The van der Waals surface area contributed by atoms with Gasteiger partial charge in [-0.3, -0.25) is 4.79 Å². The van der Waals surface area contributed by atoms with Crippen LogP contribution >= 0.6 is 0 Å². The van der Waals surface area contributed by atoms with E-state index in [0.717, 1.165) is 5.39 Å². The predicted octanol–water partition coefficient (Wildman–Crippen LogP) is 1.77. The Morgan fingerprint density at radius 3 is 2.88 bits per heavy atom. The molecule has 7 nitrogen and oxygen atoms in total. The van der Waals surface area contributed by atoms with Gasteiger partial charge in [0.15, 0.2) is 5.82 Å². The Balaban J connectivity index is 1.62. The van der Waals surface area contributed by atoms with Gasteiger partial charge in [0.1, 0.15) is 18.4 Å². The standard InChI is InChI=1S/C14H17F3N6O/c15-14(16,17)8-11(24)22-4-1-5-23(7-6-22)21-13-10-2-3-18-12(10)19-9-20-13/h2-3,9H,1,4-8H2,(H2,18,19,20,21). The van der Waals surface area contributed by atoms with Crippen molar-refractivity contribution in [3.63, 3.8) is 0 Å². The molecule has 0 aromatic carbocycles. The summed E-state index contributed by atoms with van der Waals surface area (Å²) >= 11 is 0. The van der Waals surface area contributed by atoms with Gasteiger partial charge >= 0.3 is 6.18 Å². The number of carbonyl (C=O) groups excluding carboxylic acids is 1. The number of amides is 1. The van der Waals surface area contributed by atoms with Gasteiger partial charge in [-0.15, -0.1) is 0 Å². The lowest BCUT2D eigenvalue weighted by atomic mass is 10.3. The minimum atomic E-state index is -4.47. The molecule has 3 rings (SSSR count). The fraction of sp³-hybridized carbons (Fsp3) is 0.500. The van der Waals surface area contributed by atoms with E-state index in [1.165, 1.54) is 11.2 Å². The first-order valence-electron chi connectivity index (χ1n) is 7.56. The second-order valence-corrected chi connectivity index (χ2v) is 5.59. The number of nitrogens with one attached hydrogen (secondary N) is 2. The Bertz CT molecular complexity index is 716. The first-order chi connectivity index (χ1) is 11.4. The van der Waals surface area contributed by atoms with Crippen LogP contribution in [0.1, 0.15) is 12.8 Å². The SMILES string of the molecule is O=C(CC(F)(F)F)N1CCCN(Nc2ncnc3[nH]ccc23)CC1. The van der Waals surface area contributed by atoms with Crippen molar-refractivity contribution in [3.05, 3.63) is 18.6 Å². The lowest BCUT2D eigenvalue weighted by Gasteiger charge is -2.23. The molecule has 0 atom stereocenters. The Morgan fingerprint density at radius 2 is 2.08 bits per heavy atom. The van der Waals surface area contributed by atoms with Crippen molar-refractivity contribution in [2.45, 2.75) is 19.0 Å². The maximum atomic E-state index is 12.4. The van der Waals surface area contributed by atoms with Gasteiger partial charge < -0.3 is 15.3 Å². The van der Waals surface area contributed by atoms with E-state index in [9.17, 15) is 18.0 Å². The number of H-pyrrole nitrogens is 1. The largest absolute Gasteiger partial charge is 0.397 e. The highest BCUT2D eigenvalue weighted by molar-refractivity contribution is 5.86. The van der Waals surface area contributed by atoms with Crippen LogP contribution in [0.2, 0.25) is 0 Å². The van der Waals surface area contributed by atoms with Crippen LogP contribution in [0, 0.1) is 0 Å². The van der Waals surface area contributed by atoms with E-state index in [2.05, 4.69) is 20.4 Å². The predicted molar refractivity (Wildman–Crippen MR) is 81.0 cm³/mol. The lowest BCUT2D eigenvalue weighted by Crippen LogP contribution is -2.38. The number of aromatic amines is 1. The third-order valence-corrected chi connectivity index (χ3v) is 3.82. The number of fused-ring (bicyclic) bond motifs is 1. The average molecular weight is 342 g/mol. The van der Waals surface area contributed by atoms with E-state index in [1.54, 1.807) is 6.20 Å². The maximum Gasteiger partial charge on any atom is 0.397 e. The molecular formula is C14H17F3N6O. The molecule has 2 aromatic heterocycles. The number of nitrogens with zero attached hydrogens (tertiary/aromatic N) is 4. The molecule has 24 heavy (non-hydrogen) atoms.